The van der Waals surface area contributed by atoms with Gasteiger partial charge in [0, 0.05) is 29.4 Å². The summed E-state index contributed by atoms with van der Waals surface area (Å²) in [5, 5.41) is 0.894. The fraction of sp³-hybridized carbons (Fsp3) is 0.179. The van der Waals surface area contributed by atoms with Crippen LogP contribution in [0, 0.1) is 0 Å². The first-order valence-electron chi connectivity index (χ1n) is 11.8. The Morgan fingerprint density at radius 2 is 1.86 bits per heavy atom. The number of aromatic nitrogens is 2. The van der Waals surface area contributed by atoms with Gasteiger partial charge in [0.05, 0.1) is 17.5 Å². The Morgan fingerprint density at radius 1 is 1.08 bits per heavy atom. The van der Waals surface area contributed by atoms with Crippen LogP contribution in [0.4, 0.5) is 5.69 Å². The molecule has 36 heavy (non-hydrogen) atoms. The summed E-state index contributed by atoms with van der Waals surface area (Å²) in [6.45, 7) is 0.489. The first-order chi connectivity index (χ1) is 17.4. The van der Waals surface area contributed by atoms with Gasteiger partial charge in [-0.05, 0) is 60.2 Å². The first-order valence-corrected chi connectivity index (χ1v) is 13.7. The van der Waals surface area contributed by atoms with Crippen molar-refractivity contribution >= 4 is 26.7 Å². The number of anilines is 1. The molecule has 6 rings (SSSR count). The highest BCUT2D eigenvalue weighted by atomic mass is 32.2. The van der Waals surface area contributed by atoms with E-state index in [2.05, 4.69) is 14.7 Å². The molecule has 2 N–H and O–H groups in total. The number of ether oxygens (including phenoxy) is 1. The molecule has 0 unspecified atom stereocenters. The van der Waals surface area contributed by atoms with E-state index in [1.165, 1.54) is 0 Å². The first kappa shape index (κ1) is 22.4. The smallest absolute Gasteiger partial charge is 0.229 e. The number of fused-ring (bicyclic) bond motifs is 1. The molecule has 8 heteroatoms. The van der Waals surface area contributed by atoms with Crippen LogP contribution in [0.15, 0.2) is 83.5 Å². The molecular weight excluding hydrogens is 474 g/mol. The number of furan rings is 1. The third-order valence-electron chi connectivity index (χ3n) is 6.27. The molecule has 182 valence electrons. The number of rotatable bonds is 8. The molecule has 2 heterocycles. The normalized spacial score (nSPS) is 13.7. The predicted molar refractivity (Wildman–Crippen MR) is 140 cm³/mol. The second-order valence-electron chi connectivity index (χ2n) is 9.13. The summed E-state index contributed by atoms with van der Waals surface area (Å²) in [6.07, 6.45) is 6.72. The molecular formula is C28H25N3O4S. The molecule has 2 aromatic heterocycles. The molecule has 0 aliphatic heterocycles. The molecule has 0 bridgehead atoms. The van der Waals surface area contributed by atoms with Gasteiger partial charge in [-0.3, -0.25) is 4.72 Å². The molecule has 1 aliphatic rings. The second kappa shape index (κ2) is 8.87. The van der Waals surface area contributed by atoms with Gasteiger partial charge in [-0.25, -0.2) is 13.4 Å². The molecule has 1 aliphatic carbocycles. The van der Waals surface area contributed by atoms with Crippen molar-refractivity contribution in [2.75, 3.05) is 11.0 Å². The van der Waals surface area contributed by atoms with Crippen molar-refractivity contribution in [3.05, 3.63) is 90.3 Å². The zero-order valence-electron chi connectivity index (χ0n) is 19.7. The number of sulfonamides is 1. The summed E-state index contributed by atoms with van der Waals surface area (Å²) in [4.78, 5) is 7.70. The van der Waals surface area contributed by atoms with Crippen LogP contribution in [0.2, 0.25) is 0 Å². The molecule has 0 atom stereocenters. The van der Waals surface area contributed by atoms with E-state index in [9.17, 15) is 8.42 Å². The third kappa shape index (κ3) is 4.59. The fourth-order valence-electron chi connectivity index (χ4n) is 4.46. The van der Waals surface area contributed by atoms with Crippen molar-refractivity contribution in [2.24, 2.45) is 0 Å². The largest absolute Gasteiger partial charge is 0.489 e. The number of hydrogen-bond acceptors (Lipinski definition) is 5. The molecule has 5 aromatic rings. The zero-order valence-corrected chi connectivity index (χ0v) is 20.5. The van der Waals surface area contributed by atoms with Crippen molar-refractivity contribution in [1.82, 2.24) is 9.97 Å². The maximum Gasteiger partial charge on any atom is 0.229 e. The highest BCUT2D eigenvalue weighted by molar-refractivity contribution is 7.92. The van der Waals surface area contributed by atoms with Crippen molar-refractivity contribution < 1.29 is 17.6 Å². The van der Waals surface area contributed by atoms with E-state index in [0.29, 0.717) is 35.4 Å². The van der Waals surface area contributed by atoms with Gasteiger partial charge in [0.15, 0.2) is 0 Å². The summed E-state index contributed by atoms with van der Waals surface area (Å²) < 4.78 is 39.0. The van der Waals surface area contributed by atoms with Crippen LogP contribution in [0.3, 0.4) is 0 Å². The summed E-state index contributed by atoms with van der Waals surface area (Å²) in [7, 11) is -3.43. The number of nitrogens with zero attached hydrogens (tertiary/aromatic N) is 1. The Bertz CT molecular complexity index is 1620. The van der Waals surface area contributed by atoms with Gasteiger partial charge < -0.3 is 14.1 Å². The van der Waals surface area contributed by atoms with E-state index in [1.54, 1.807) is 18.5 Å². The molecule has 0 saturated heterocycles. The lowest BCUT2D eigenvalue weighted by atomic mass is 10.0. The maximum absolute atomic E-state index is 12.0. The predicted octanol–water partition coefficient (Wildman–Crippen LogP) is 6.32. The van der Waals surface area contributed by atoms with Crippen molar-refractivity contribution in [3.8, 4) is 28.5 Å². The molecule has 1 fully saturated rings. The topological polar surface area (TPSA) is 97.2 Å². The Labute approximate surface area is 209 Å². The lowest BCUT2D eigenvalue weighted by Crippen LogP contribution is -2.11. The SMILES string of the molecule is CS(=O)(=O)Nc1cc2oc(-c3ccc(OCc4ccccc4)cc3)c(-c3ncc[nH]3)c2cc1C1CC1. The van der Waals surface area contributed by atoms with Crippen molar-refractivity contribution in [3.63, 3.8) is 0 Å². The van der Waals surface area contributed by atoms with E-state index < -0.39 is 10.0 Å². The van der Waals surface area contributed by atoms with Crippen LogP contribution in [-0.2, 0) is 16.6 Å². The van der Waals surface area contributed by atoms with E-state index >= 15 is 0 Å². The van der Waals surface area contributed by atoms with Crippen LogP contribution < -0.4 is 9.46 Å². The zero-order chi connectivity index (χ0) is 24.7. The van der Waals surface area contributed by atoms with Gasteiger partial charge in [-0.2, -0.15) is 0 Å². The van der Waals surface area contributed by atoms with E-state index in [4.69, 9.17) is 9.15 Å². The Kier molecular flexibility index (Phi) is 5.53. The maximum atomic E-state index is 12.0. The van der Waals surface area contributed by atoms with E-state index in [-0.39, 0.29) is 0 Å². The number of imidazole rings is 1. The summed E-state index contributed by atoms with van der Waals surface area (Å²) in [6, 6.07) is 21.6. The Morgan fingerprint density at radius 3 is 2.53 bits per heavy atom. The van der Waals surface area contributed by atoms with Gasteiger partial charge in [-0.15, -0.1) is 0 Å². The number of H-pyrrole nitrogens is 1. The standard InChI is InChI=1S/C28H25N3O4S/c1-36(32,33)31-24-16-25-23(15-22(24)19-7-8-19)26(28-29-13-14-30-28)27(35-25)20-9-11-21(12-10-20)34-17-18-5-3-2-4-6-18/h2-6,9-16,19,31H,7-8,17H2,1H3,(H,29,30). The summed E-state index contributed by atoms with van der Waals surface area (Å²) in [5.41, 5.74) is 4.97. The monoisotopic (exact) mass is 499 g/mol. The molecule has 1 saturated carbocycles. The third-order valence-corrected chi connectivity index (χ3v) is 6.86. The average molecular weight is 500 g/mol. The highest BCUT2D eigenvalue weighted by Gasteiger charge is 2.29. The average Bonchev–Trinajstić information content (AvgIpc) is 3.43. The summed E-state index contributed by atoms with van der Waals surface area (Å²) >= 11 is 0. The molecule has 3 aromatic carbocycles. The number of hydrogen-bond donors (Lipinski definition) is 2. The van der Waals surface area contributed by atoms with Gasteiger partial charge >= 0.3 is 0 Å². The van der Waals surface area contributed by atoms with Gasteiger partial charge in [0.2, 0.25) is 10.0 Å². The van der Waals surface area contributed by atoms with Gasteiger partial charge in [0.25, 0.3) is 0 Å². The van der Waals surface area contributed by atoms with E-state index in [1.807, 2.05) is 60.7 Å². The van der Waals surface area contributed by atoms with Crippen molar-refractivity contribution in [2.45, 2.75) is 25.4 Å². The quantitative estimate of drug-likeness (QED) is 0.260. The highest BCUT2D eigenvalue weighted by Crippen LogP contribution is 2.48. The van der Waals surface area contributed by atoms with Crippen LogP contribution in [0.25, 0.3) is 33.7 Å². The van der Waals surface area contributed by atoms with E-state index in [0.717, 1.165) is 52.5 Å². The van der Waals surface area contributed by atoms with Gasteiger partial charge in [-0.1, -0.05) is 30.3 Å². The minimum Gasteiger partial charge on any atom is -0.489 e. The van der Waals surface area contributed by atoms with Crippen LogP contribution in [0.1, 0.15) is 29.9 Å². The minimum absolute atomic E-state index is 0.336. The fourth-order valence-corrected chi connectivity index (χ4v) is 5.04. The van der Waals surface area contributed by atoms with Gasteiger partial charge in [0.1, 0.15) is 29.5 Å². The Balaban J connectivity index is 1.41. The number of nitrogens with one attached hydrogen (secondary N) is 2. The number of benzene rings is 3. The lowest BCUT2D eigenvalue weighted by molar-refractivity contribution is 0.306. The Hall–Kier alpha value is -4.04. The summed E-state index contributed by atoms with van der Waals surface area (Å²) in [5.74, 6) is 2.45. The molecule has 0 amide bonds. The number of aromatic amines is 1. The molecule has 0 spiro atoms. The van der Waals surface area contributed by atoms with Crippen molar-refractivity contribution in [1.29, 1.82) is 0 Å². The second-order valence-corrected chi connectivity index (χ2v) is 10.9. The van der Waals surface area contributed by atoms with Crippen LogP contribution >= 0.6 is 0 Å². The minimum atomic E-state index is -3.43. The molecule has 0 radical (unpaired) electrons. The molecule has 7 nitrogen and oxygen atoms in total. The van der Waals surface area contributed by atoms with Crippen LogP contribution in [-0.4, -0.2) is 24.6 Å². The van der Waals surface area contributed by atoms with Crippen LogP contribution in [0.5, 0.6) is 5.75 Å². The lowest BCUT2D eigenvalue weighted by Gasteiger charge is -2.10.